The van der Waals surface area contributed by atoms with E-state index in [1.54, 1.807) is 19.1 Å². The van der Waals surface area contributed by atoms with Crippen molar-refractivity contribution in [2.75, 3.05) is 13.2 Å². The summed E-state index contributed by atoms with van der Waals surface area (Å²) >= 11 is 0. The molecule has 1 amide bonds. The van der Waals surface area contributed by atoms with Crippen molar-refractivity contribution in [1.29, 1.82) is 0 Å². The van der Waals surface area contributed by atoms with Gasteiger partial charge in [0.25, 0.3) is 5.91 Å². The number of carbonyl (C=O) groups excluding carboxylic acids is 1. The lowest BCUT2D eigenvalue weighted by Crippen LogP contribution is -2.52. The molecule has 7 nitrogen and oxygen atoms in total. The molecule has 150 valence electrons. The number of hydrogen-bond donors (Lipinski definition) is 1. The topological polar surface area (TPSA) is 84.9 Å². The maximum atomic E-state index is 13.3. The summed E-state index contributed by atoms with van der Waals surface area (Å²) in [6.45, 7) is 4.51. The van der Waals surface area contributed by atoms with Gasteiger partial charge < -0.3 is 4.74 Å². The molecule has 0 radical (unpaired) electrons. The molecule has 28 heavy (non-hydrogen) atoms. The number of ether oxygens (including phenoxy) is 1. The van der Waals surface area contributed by atoms with Crippen molar-refractivity contribution in [2.24, 2.45) is 0 Å². The number of hydrogen-bond acceptors (Lipinski definition) is 5. The highest BCUT2D eigenvalue weighted by Gasteiger charge is 2.39. The molecule has 2 aromatic carbocycles. The van der Waals surface area contributed by atoms with Gasteiger partial charge in [-0.15, -0.1) is 0 Å². The second-order valence-electron chi connectivity index (χ2n) is 6.34. The van der Waals surface area contributed by atoms with Gasteiger partial charge in [-0.1, -0.05) is 24.3 Å². The molecular weight excluding hydrogens is 380 g/mol. The number of nitrogens with zero attached hydrogens (tertiary/aromatic N) is 1. The van der Waals surface area contributed by atoms with Crippen molar-refractivity contribution < 1.29 is 22.8 Å². The third-order valence-electron chi connectivity index (χ3n) is 4.57. The highest BCUT2D eigenvalue weighted by molar-refractivity contribution is 7.89. The first-order valence-electron chi connectivity index (χ1n) is 9.20. The monoisotopic (exact) mass is 404 g/mol. The Morgan fingerprint density at radius 3 is 2.39 bits per heavy atom. The van der Waals surface area contributed by atoms with Crippen molar-refractivity contribution in [3.63, 3.8) is 0 Å². The number of fused-ring (bicyclic) bond motifs is 1. The molecule has 1 unspecified atom stereocenters. The van der Waals surface area contributed by atoms with Crippen LogP contribution in [-0.2, 0) is 32.6 Å². The molecule has 3 rings (SSSR count). The zero-order valence-corrected chi connectivity index (χ0v) is 16.7. The first kappa shape index (κ1) is 20.3. The zero-order valence-electron chi connectivity index (χ0n) is 15.9. The van der Waals surface area contributed by atoms with Crippen LogP contribution >= 0.6 is 0 Å². The largest absolute Gasteiger partial charge is 0.494 e. The third kappa shape index (κ3) is 4.19. The average Bonchev–Trinajstić information content (AvgIpc) is 2.71. The Hall–Kier alpha value is -2.42. The predicted molar refractivity (Wildman–Crippen MR) is 104 cm³/mol. The quantitative estimate of drug-likeness (QED) is 0.716. The van der Waals surface area contributed by atoms with Crippen molar-refractivity contribution >= 4 is 15.9 Å². The Labute approximate surface area is 165 Å². The van der Waals surface area contributed by atoms with Crippen molar-refractivity contribution in [1.82, 2.24) is 9.79 Å². The van der Waals surface area contributed by atoms with Gasteiger partial charge in [0.05, 0.1) is 18.1 Å². The summed E-state index contributed by atoms with van der Waals surface area (Å²) in [7, 11) is -3.89. The minimum Gasteiger partial charge on any atom is -0.494 e. The first-order chi connectivity index (χ1) is 13.5. The van der Waals surface area contributed by atoms with Crippen LogP contribution in [0.1, 0.15) is 25.0 Å². The van der Waals surface area contributed by atoms with E-state index < -0.39 is 22.0 Å². The van der Waals surface area contributed by atoms with Crippen LogP contribution in [0.25, 0.3) is 0 Å². The lowest BCUT2D eigenvalue weighted by atomic mass is 9.95. The molecule has 1 aliphatic heterocycles. The molecule has 0 aromatic heterocycles. The van der Waals surface area contributed by atoms with Gasteiger partial charge >= 0.3 is 0 Å². The molecule has 1 aliphatic rings. The number of amides is 1. The van der Waals surface area contributed by atoms with E-state index >= 15 is 0 Å². The molecule has 1 atom stereocenters. The lowest BCUT2D eigenvalue weighted by molar-refractivity contribution is -0.137. The van der Waals surface area contributed by atoms with Crippen LogP contribution in [0, 0.1) is 0 Å². The molecule has 0 saturated carbocycles. The second-order valence-corrected chi connectivity index (χ2v) is 8.23. The molecule has 0 aliphatic carbocycles. The summed E-state index contributed by atoms with van der Waals surface area (Å²) in [4.78, 5) is 17.8. The molecule has 1 heterocycles. The maximum Gasteiger partial charge on any atom is 0.262 e. The molecule has 1 N–H and O–H groups in total. The second kappa shape index (κ2) is 8.72. The fraction of sp³-hybridized carbons (Fsp3) is 0.350. The summed E-state index contributed by atoms with van der Waals surface area (Å²) in [5, 5.41) is 0. The predicted octanol–water partition coefficient (Wildman–Crippen LogP) is 2.27. The number of benzene rings is 2. The zero-order chi connectivity index (χ0) is 20.1. The summed E-state index contributed by atoms with van der Waals surface area (Å²) < 4.78 is 33.3. The number of hydroxylamine groups is 1. The smallest absolute Gasteiger partial charge is 0.262 e. The minimum absolute atomic E-state index is 0.115. The van der Waals surface area contributed by atoms with Crippen LogP contribution in [0.15, 0.2) is 53.4 Å². The van der Waals surface area contributed by atoms with Gasteiger partial charge in [-0.2, -0.15) is 4.31 Å². The van der Waals surface area contributed by atoms with Gasteiger partial charge in [-0.3, -0.25) is 9.63 Å². The molecule has 0 spiro atoms. The Balaban J connectivity index is 1.95. The maximum absolute atomic E-state index is 13.3. The van der Waals surface area contributed by atoms with Gasteiger partial charge in [0, 0.05) is 6.54 Å². The summed E-state index contributed by atoms with van der Waals surface area (Å²) in [6.07, 6.45) is 0.283. The van der Waals surface area contributed by atoms with E-state index in [4.69, 9.17) is 9.57 Å². The minimum atomic E-state index is -3.89. The van der Waals surface area contributed by atoms with Crippen LogP contribution in [-0.4, -0.2) is 37.9 Å². The fourth-order valence-corrected chi connectivity index (χ4v) is 4.76. The first-order valence-corrected chi connectivity index (χ1v) is 10.6. The summed E-state index contributed by atoms with van der Waals surface area (Å²) in [6, 6.07) is 12.9. The summed E-state index contributed by atoms with van der Waals surface area (Å²) in [5.74, 6) is 0.113. The van der Waals surface area contributed by atoms with Crippen LogP contribution < -0.4 is 10.2 Å². The van der Waals surface area contributed by atoms with Crippen LogP contribution in [0.2, 0.25) is 0 Å². The van der Waals surface area contributed by atoms with E-state index in [1.165, 1.54) is 16.4 Å². The number of carbonyl (C=O) groups is 1. The Bertz CT molecular complexity index is 928. The fourth-order valence-electron chi connectivity index (χ4n) is 3.20. The standard InChI is InChI=1S/C20H24N2O5S/c1-3-26-17-9-11-18(12-10-17)28(24,25)22-14-16-8-6-5-7-15(16)13-19(22)20(23)21-27-4-2/h5-12,19H,3-4,13-14H2,1-2H3,(H,21,23). The van der Waals surface area contributed by atoms with Crippen LogP contribution in [0.4, 0.5) is 0 Å². The Morgan fingerprint density at radius 2 is 1.75 bits per heavy atom. The van der Waals surface area contributed by atoms with Gasteiger partial charge in [-0.05, 0) is 55.7 Å². The molecule has 0 saturated heterocycles. The van der Waals surface area contributed by atoms with Gasteiger partial charge in [-0.25, -0.2) is 13.9 Å². The van der Waals surface area contributed by atoms with Crippen molar-refractivity contribution in [2.45, 2.75) is 37.8 Å². The Kier molecular flexibility index (Phi) is 6.33. The van der Waals surface area contributed by atoms with E-state index in [0.717, 1.165) is 11.1 Å². The third-order valence-corrected chi connectivity index (χ3v) is 6.44. The highest BCUT2D eigenvalue weighted by Crippen LogP contribution is 2.30. The van der Waals surface area contributed by atoms with Crippen molar-refractivity contribution in [3.8, 4) is 5.75 Å². The molecule has 0 bridgehead atoms. The molecular formula is C20H24N2O5S. The SMILES string of the molecule is CCONC(=O)C1Cc2ccccc2CN1S(=O)(=O)c1ccc(OCC)cc1. The van der Waals surface area contributed by atoms with E-state index in [0.29, 0.717) is 19.0 Å². The van der Waals surface area contributed by atoms with Gasteiger partial charge in [0.15, 0.2) is 0 Å². The van der Waals surface area contributed by atoms with E-state index in [9.17, 15) is 13.2 Å². The molecule has 2 aromatic rings. The lowest BCUT2D eigenvalue weighted by Gasteiger charge is -2.34. The summed E-state index contributed by atoms with van der Waals surface area (Å²) in [5.41, 5.74) is 4.19. The number of nitrogens with one attached hydrogen (secondary N) is 1. The average molecular weight is 404 g/mol. The van der Waals surface area contributed by atoms with E-state index in [2.05, 4.69) is 5.48 Å². The number of sulfonamides is 1. The van der Waals surface area contributed by atoms with E-state index in [-0.39, 0.29) is 17.9 Å². The normalized spacial score (nSPS) is 17.0. The number of rotatable bonds is 7. The molecule has 8 heteroatoms. The van der Waals surface area contributed by atoms with Crippen LogP contribution in [0.3, 0.4) is 0 Å². The van der Waals surface area contributed by atoms with E-state index in [1.807, 2.05) is 31.2 Å². The molecule has 0 fully saturated rings. The van der Waals surface area contributed by atoms with Crippen molar-refractivity contribution in [3.05, 3.63) is 59.7 Å². The van der Waals surface area contributed by atoms with Gasteiger partial charge in [0.2, 0.25) is 10.0 Å². The van der Waals surface area contributed by atoms with Crippen LogP contribution in [0.5, 0.6) is 5.75 Å². The highest BCUT2D eigenvalue weighted by atomic mass is 32.2. The van der Waals surface area contributed by atoms with Gasteiger partial charge in [0.1, 0.15) is 11.8 Å². The Morgan fingerprint density at radius 1 is 1.07 bits per heavy atom.